The number of hydrogen-bond donors (Lipinski definition) is 2. The van der Waals surface area contributed by atoms with Crippen LogP contribution in [0, 0.1) is 0 Å². The molecule has 0 saturated heterocycles. The number of carbonyl (C=O) groups excluding carboxylic acids is 1. The fraction of sp³-hybridized carbons (Fsp3) is 0.0417. The molecule has 2 heterocycles. The van der Waals surface area contributed by atoms with Crippen molar-refractivity contribution < 1.29 is 9.53 Å². The van der Waals surface area contributed by atoms with Crippen LogP contribution in [-0.2, 0) is 11.2 Å². The van der Waals surface area contributed by atoms with E-state index < -0.39 is 0 Å². The van der Waals surface area contributed by atoms with Crippen LogP contribution in [0.5, 0.6) is 11.5 Å². The number of carbonyl (C=O) groups is 1. The molecule has 5 aromatic rings. The number of ether oxygens (including phenoxy) is 1. The molecule has 2 N–H and O–H groups in total. The molecule has 0 radical (unpaired) electrons. The second-order valence-corrected chi connectivity index (χ2v) is 7.89. The van der Waals surface area contributed by atoms with Gasteiger partial charge in [0.2, 0.25) is 5.91 Å². The number of H-pyrrole nitrogens is 1. The molecule has 6 nitrogen and oxygen atoms in total. The molecule has 0 unspecified atom stereocenters. The number of imidazole rings is 1. The lowest BCUT2D eigenvalue weighted by Gasteiger charge is -2.05. The number of nitrogens with zero attached hydrogens (tertiary/aromatic N) is 2. The molecule has 0 atom stereocenters. The van der Waals surface area contributed by atoms with Gasteiger partial charge in [-0.15, -0.1) is 11.3 Å². The van der Waals surface area contributed by atoms with Crippen LogP contribution in [0.4, 0.5) is 5.69 Å². The van der Waals surface area contributed by atoms with E-state index in [9.17, 15) is 4.79 Å². The summed E-state index contributed by atoms with van der Waals surface area (Å²) in [6, 6.07) is 23.1. The molecule has 0 saturated carbocycles. The number of benzene rings is 3. The highest BCUT2D eigenvalue weighted by Gasteiger charge is 2.10. The number of nitrogens with one attached hydrogen (secondary N) is 2. The van der Waals surface area contributed by atoms with E-state index in [4.69, 9.17) is 4.74 Å². The molecule has 3 aromatic carbocycles. The first-order chi connectivity index (χ1) is 15.2. The summed E-state index contributed by atoms with van der Waals surface area (Å²) in [5, 5.41) is 5.57. The van der Waals surface area contributed by atoms with E-state index in [1.165, 1.54) is 11.3 Å². The predicted octanol–water partition coefficient (Wildman–Crippen LogP) is 5.66. The molecule has 2 aromatic heterocycles. The fourth-order valence-electron chi connectivity index (χ4n) is 3.21. The summed E-state index contributed by atoms with van der Waals surface area (Å²) in [4.78, 5) is 24.4. The zero-order valence-corrected chi connectivity index (χ0v) is 17.2. The van der Waals surface area contributed by atoms with Crippen LogP contribution < -0.4 is 10.1 Å². The van der Waals surface area contributed by atoms with Gasteiger partial charge in [-0.2, -0.15) is 0 Å². The van der Waals surface area contributed by atoms with E-state index in [-0.39, 0.29) is 12.3 Å². The number of anilines is 1. The van der Waals surface area contributed by atoms with Crippen molar-refractivity contribution in [1.82, 2.24) is 15.0 Å². The Bertz CT molecular complexity index is 1310. The van der Waals surface area contributed by atoms with Gasteiger partial charge in [0.25, 0.3) is 0 Å². The van der Waals surface area contributed by atoms with Crippen molar-refractivity contribution in [2.24, 2.45) is 0 Å². The van der Waals surface area contributed by atoms with Gasteiger partial charge in [0.1, 0.15) is 22.3 Å². The Morgan fingerprint density at radius 3 is 2.58 bits per heavy atom. The van der Waals surface area contributed by atoms with Crippen LogP contribution in [0.25, 0.3) is 22.4 Å². The zero-order chi connectivity index (χ0) is 21.0. The summed E-state index contributed by atoms with van der Waals surface area (Å²) in [5.74, 6) is 2.22. The number of amides is 1. The van der Waals surface area contributed by atoms with E-state index in [1.54, 1.807) is 6.20 Å². The first-order valence-corrected chi connectivity index (χ1v) is 10.6. The third kappa shape index (κ3) is 4.46. The molecule has 0 spiro atoms. The normalized spacial score (nSPS) is 10.8. The van der Waals surface area contributed by atoms with Crippen LogP contribution in [0.1, 0.15) is 5.01 Å². The summed E-state index contributed by atoms with van der Waals surface area (Å²) in [6.45, 7) is 0. The lowest BCUT2D eigenvalue weighted by molar-refractivity contribution is -0.115. The van der Waals surface area contributed by atoms with E-state index >= 15 is 0 Å². The summed E-state index contributed by atoms with van der Waals surface area (Å²) in [7, 11) is 0. The average Bonchev–Trinajstić information content (AvgIpc) is 3.44. The monoisotopic (exact) mass is 426 g/mol. The summed E-state index contributed by atoms with van der Waals surface area (Å²) < 4.78 is 5.84. The third-order valence-corrected chi connectivity index (χ3v) is 5.45. The SMILES string of the molecule is O=C(Cc1nccs1)Nc1ccc2nc(-c3ccc(Oc4ccccc4)cc3)[nH]c2c1. The van der Waals surface area contributed by atoms with Gasteiger partial charge in [0.05, 0.1) is 17.5 Å². The molecular weight excluding hydrogens is 408 g/mol. The van der Waals surface area contributed by atoms with Crippen molar-refractivity contribution in [2.45, 2.75) is 6.42 Å². The number of rotatable bonds is 6. The number of hydrogen-bond acceptors (Lipinski definition) is 5. The molecule has 1 amide bonds. The van der Waals surface area contributed by atoms with Crippen LogP contribution in [-0.4, -0.2) is 20.9 Å². The quantitative estimate of drug-likeness (QED) is 0.367. The molecule has 152 valence electrons. The van der Waals surface area contributed by atoms with Crippen molar-refractivity contribution in [1.29, 1.82) is 0 Å². The molecule has 0 aliphatic carbocycles. The van der Waals surface area contributed by atoms with Crippen molar-refractivity contribution in [3.8, 4) is 22.9 Å². The van der Waals surface area contributed by atoms with E-state index in [1.807, 2.05) is 78.2 Å². The molecule has 31 heavy (non-hydrogen) atoms. The standard InChI is InChI=1S/C24H18N4O2S/c29-22(15-23-25-12-13-31-23)26-17-8-11-20-21(14-17)28-24(27-20)16-6-9-19(10-7-16)30-18-4-2-1-3-5-18/h1-14H,15H2,(H,26,29)(H,27,28). The summed E-state index contributed by atoms with van der Waals surface area (Å²) in [5.41, 5.74) is 3.35. The molecule has 7 heteroatoms. The number of thiazole rings is 1. The maximum absolute atomic E-state index is 12.2. The largest absolute Gasteiger partial charge is 0.457 e. The average molecular weight is 427 g/mol. The Morgan fingerprint density at radius 2 is 1.81 bits per heavy atom. The van der Waals surface area contributed by atoms with E-state index in [0.29, 0.717) is 0 Å². The van der Waals surface area contributed by atoms with Gasteiger partial charge in [-0.3, -0.25) is 4.79 Å². The van der Waals surface area contributed by atoms with E-state index in [0.717, 1.165) is 44.6 Å². The van der Waals surface area contributed by atoms with Crippen LogP contribution >= 0.6 is 11.3 Å². The molecule has 0 fully saturated rings. The smallest absolute Gasteiger partial charge is 0.231 e. The highest BCUT2D eigenvalue weighted by Crippen LogP contribution is 2.26. The maximum atomic E-state index is 12.2. The maximum Gasteiger partial charge on any atom is 0.231 e. The lowest BCUT2D eigenvalue weighted by Crippen LogP contribution is -2.14. The van der Waals surface area contributed by atoms with Crippen molar-refractivity contribution in [3.05, 3.63) is 89.4 Å². The van der Waals surface area contributed by atoms with Crippen molar-refractivity contribution in [2.75, 3.05) is 5.32 Å². The Labute approximate surface area is 182 Å². The van der Waals surface area contributed by atoms with E-state index in [2.05, 4.69) is 20.3 Å². The van der Waals surface area contributed by atoms with Gasteiger partial charge in [0.15, 0.2) is 0 Å². The Morgan fingerprint density at radius 1 is 1.00 bits per heavy atom. The van der Waals surface area contributed by atoms with Gasteiger partial charge < -0.3 is 15.0 Å². The topological polar surface area (TPSA) is 79.9 Å². The number of aromatic amines is 1. The van der Waals surface area contributed by atoms with Gasteiger partial charge in [0, 0.05) is 22.8 Å². The van der Waals surface area contributed by atoms with Crippen molar-refractivity contribution in [3.63, 3.8) is 0 Å². The second-order valence-electron chi connectivity index (χ2n) is 6.91. The van der Waals surface area contributed by atoms with Crippen molar-refractivity contribution >= 4 is 34.0 Å². The first-order valence-electron chi connectivity index (χ1n) is 9.74. The fourth-order valence-corrected chi connectivity index (χ4v) is 3.83. The van der Waals surface area contributed by atoms with Gasteiger partial charge in [-0.1, -0.05) is 18.2 Å². The molecule has 5 rings (SSSR count). The minimum atomic E-state index is -0.0944. The minimum Gasteiger partial charge on any atom is -0.457 e. The lowest BCUT2D eigenvalue weighted by atomic mass is 10.2. The predicted molar refractivity (Wildman–Crippen MR) is 122 cm³/mol. The summed E-state index contributed by atoms with van der Waals surface area (Å²) >= 11 is 1.47. The highest BCUT2D eigenvalue weighted by molar-refractivity contribution is 7.09. The number of fused-ring (bicyclic) bond motifs is 1. The first kappa shape index (κ1) is 19.0. The van der Waals surface area contributed by atoms with Crippen LogP contribution in [0.15, 0.2) is 84.4 Å². The molecular formula is C24H18N4O2S. The van der Waals surface area contributed by atoms with Gasteiger partial charge in [-0.25, -0.2) is 9.97 Å². The Hall–Kier alpha value is -3.97. The van der Waals surface area contributed by atoms with Gasteiger partial charge in [-0.05, 0) is 54.6 Å². The van der Waals surface area contributed by atoms with Gasteiger partial charge >= 0.3 is 0 Å². The highest BCUT2D eigenvalue weighted by atomic mass is 32.1. The Kier molecular flexibility index (Phi) is 5.16. The Balaban J connectivity index is 1.31. The molecule has 0 aliphatic rings. The molecule has 0 bridgehead atoms. The zero-order valence-electron chi connectivity index (χ0n) is 16.4. The third-order valence-electron chi connectivity index (χ3n) is 4.67. The number of aromatic nitrogens is 3. The van der Waals surface area contributed by atoms with Crippen LogP contribution in [0.3, 0.4) is 0 Å². The van der Waals surface area contributed by atoms with Crippen LogP contribution in [0.2, 0.25) is 0 Å². The minimum absolute atomic E-state index is 0.0944. The second kappa shape index (κ2) is 8.41. The number of para-hydroxylation sites is 1. The molecule has 0 aliphatic heterocycles. The summed E-state index contributed by atoms with van der Waals surface area (Å²) in [6.07, 6.45) is 1.97.